The van der Waals surface area contributed by atoms with Crippen molar-refractivity contribution >= 4 is 23.2 Å². The molecule has 2 N–H and O–H groups in total. The highest BCUT2D eigenvalue weighted by molar-refractivity contribution is 6.30. The lowest BCUT2D eigenvalue weighted by Crippen LogP contribution is -2.24. The number of halogens is 1. The SMILES string of the molecule is C/C(=N/NC(=O)c1ccc(Cl)cc1O)[C@H]1C[C@H]2CC[C@H]1C2. The number of carbonyl (C=O) groups is 1. The van der Waals surface area contributed by atoms with E-state index in [1.165, 1.54) is 37.8 Å². The zero-order chi connectivity index (χ0) is 15.0. The number of aromatic hydroxyl groups is 1. The normalized spacial score (nSPS) is 27.9. The van der Waals surface area contributed by atoms with Gasteiger partial charge in [-0.25, -0.2) is 5.43 Å². The van der Waals surface area contributed by atoms with Crippen LogP contribution in [-0.4, -0.2) is 16.7 Å². The van der Waals surface area contributed by atoms with E-state index in [2.05, 4.69) is 10.5 Å². The van der Waals surface area contributed by atoms with Gasteiger partial charge in [0.2, 0.25) is 0 Å². The van der Waals surface area contributed by atoms with Crippen LogP contribution in [0.4, 0.5) is 0 Å². The van der Waals surface area contributed by atoms with E-state index < -0.39 is 5.91 Å². The van der Waals surface area contributed by atoms with Crippen LogP contribution in [0.15, 0.2) is 23.3 Å². The van der Waals surface area contributed by atoms with Gasteiger partial charge in [-0.15, -0.1) is 0 Å². The molecule has 0 heterocycles. The maximum atomic E-state index is 12.0. The number of carbonyl (C=O) groups excluding carboxylic acids is 1. The predicted octanol–water partition coefficient (Wildman–Crippen LogP) is 3.59. The summed E-state index contributed by atoms with van der Waals surface area (Å²) in [7, 11) is 0. The van der Waals surface area contributed by atoms with E-state index in [0.717, 1.165) is 17.5 Å². The van der Waals surface area contributed by atoms with Gasteiger partial charge in [0.15, 0.2) is 0 Å². The Morgan fingerprint density at radius 3 is 2.81 bits per heavy atom. The molecule has 2 fully saturated rings. The Bertz CT molecular complexity index is 600. The van der Waals surface area contributed by atoms with Gasteiger partial charge < -0.3 is 5.11 Å². The van der Waals surface area contributed by atoms with Crippen LogP contribution >= 0.6 is 11.6 Å². The molecular weight excluding hydrogens is 288 g/mol. The minimum Gasteiger partial charge on any atom is -0.507 e. The second-order valence-electron chi connectivity index (χ2n) is 6.14. The van der Waals surface area contributed by atoms with Crippen LogP contribution in [0, 0.1) is 17.8 Å². The van der Waals surface area contributed by atoms with Crippen molar-refractivity contribution < 1.29 is 9.90 Å². The van der Waals surface area contributed by atoms with Crippen LogP contribution in [0.3, 0.4) is 0 Å². The molecule has 0 aromatic heterocycles. The van der Waals surface area contributed by atoms with E-state index in [4.69, 9.17) is 11.6 Å². The number of fused-ring (bicyclic) bond motifs is 2. The Kier molecular flexibility index (Phi) is 3.89. The van der Waals surface area contributed by atoms with Crippen molar-refractivity contribution in [1.29, 1.82) is 0 Å². The third kappa shape index (κ3) is 2.91. The number of hydrogen-bond acceptors (Lipinski definition) is 3. The second-order valence-corrected chi connectivity index (χ2v) is 6.57. The van der Waals surface area contributed by atoms with Gasteiger partial charge in [0.05, 0.1) is 5.56 Å². The van der Waals surface area contributed by atoms with Gasteiger partial charge in [-0.3, -0.25) is 4.79 Å². The van der Waals surface area contributed by atoms with Crippen LogP contribution in [0.1, 0.15) is 43.0 Å². The molecule has 1 amide bonds. The van der Waals surface area contributed by atoms with Crippen molar-refractivity contribution in [2.24, 2.45) is 22.9 Å². The first-order valence-corrected chi connectivity index (χ1v) is 7.75. The summed E-state index contributed by atoms with van der Waals surface area (Å²) in [4.78, 5) is 12.0. The molecular formula is C16H19ClN2O2. The van der Waals surface area contributed by atoms with Gasteiger partial charge >= 0.3 is 0 Å². The van der Waals surface area contributed by atoms with Crippen LogP contribution in [0.25, 0.3) is 0 Å². The number of amides is 1. The number of nitrogens with zero attached hydrogens (tertiary/aromatic N) is 1. The van der Waals surface area contributed by atoms with Crippen molar-refractivity contribution in [3.8, 4) is 5.75 Å². The number of phenols is 1. The Balaban J connectivity index is 1.66. The molecule has 2 bridgehead atoms. The van der Waals surface area contributed by atoms with Gasteiger partial charge in [-0.05, 0) is 56.2 Å². The molecule has 112 valence electrons. The Labute approximate surface area is 129 Å². The maximum Gasteiger partial charge on any atom is 0.275 e. The third-order valence-electron chi connectivity index (χ3n) is 4.81. The minimum absolute atomic E-state index is 0.132. The number of hydrazone groups is 1. The summed E-state index contributed by atoms with van der Waals surface area (Å²) in [6, 6.07) is 4.42. The summed E-state index contributed by atoms with van der Waals surface area (Å²) in [6.07, 6.45) is 5.14. The van der Waals surface area contributed by atoms with Crippen molar-refractivity contribution in [2.45, 2.75) is 32.6 Å². The largest absolute Gasteiger partial charge is 0.507 e. The molecule has 0 spiro atoms. The zero-order valence-corrected chi connectivity index (χ0v) is 12.7. The molecule has 4 nitrogen and oxygen atoms in total. The summed E-state index contributed by atoms with van der Waals surface area (Å²) in [5, 5.41) is 14.4. The lowest BCUT2D eigenvalue weighted by Gasteiger charge is -2.21. The van der Waals surface area contributed by atoms with Gasteiger partial charge in [0.25, 0.3) is 5.91 Å². The average Bonchev–Trinajstić information content (AvgIpc) is 3.07. The van der Waals surface area contributed by atoms with E-state index in [1.807, 2.05) is 6.92 Å². The zero-order valence-electron chi connectivity index (χ0n) is 12.0. The fourth-order valence-corrected chi connectivity index (χ4v) is 3.90. The molecule has 5 heteroatoms. The van der Waals surface area contributed by atoms with E-state index in [9.17, 15) is 9.90 Å². The first-order chi connectivity index (χ1) is 10.0. The van der Waals surface area contributed by atoms with Gasteiger partial charge in [-0.2, -0.15) is 5.10 Å². The third-order valence-corrected chi connectivity index (χ3v) is 5.05. The number of benzene rings is 1. The van der Waals surface area contributed by atoms with Gasteiger partial charge in [-0.1, -0.05) is 18.0 Å². The molecule has 1 aromatic rings. The predicted molar refractivity (Wildman–Crippen MR) is 82.6 cm³/mol. The van der Waals surface area contributed by atoms with Crippen molar-refractivity contribution in [1.82, 2.24) is 5.43 Å². The van der Waals surface area contributed by atoms with Crippen molar-refractivity contribution in [2.75, 3.05) is 0 Å². The number of hydrogen-bond donors (Lipinski definition) is 2. The standard InChI is InChI=1S/C16H19ClN2O2/c1-9(14-7-10-2-3-11(14)6-10)18-19-16(21)13-5-4-12(17)8-15(13)20/h4-5,8,10-11,14,20H,2-3,6-7H2,1H3,(H,19,21)/b18-9-/t10-,11-,14+/m0/s1. The molecule has 21 heavy (non-hydrogen) atoms. The van der Waals surface area contributed by atoms with E-state index in [0.29, 0.717) is 10.9 Å². The lowest BCUT2D eigenvalue weighted by atomic mass is 9.86. The van der Waals surface area contributed by atoms with Crippen LogP contribution in [0.5, 0.6) is 5.75 Å². The lowest BCUT2D eigenvalue weighted by molar-refractivity contribution is 0.0952. The first-order valence-electron chi connectivity index (χ1n) is 7.37. The molecule has 0 unspecified atom stereocenters. The van der Waals surface area contributed by atoms with Crippen LogP contribution in [-0.2, 0) is 0 Å². The molecule has 3 rings (SSSR count). The summed E-state index contributed by atoms with van der Waals surface area (Å²) in [5.41, 5.74) is 3.72. The maximum absolute atomic E-state index is 12.0. The molecule has 0 saturated heterocycles. The summed E-state index contributed by atoms with van der Waals surface area (Å²) >= 11 is 5.75. The second kappa shape index (κ2) is 5.68. The fraction of sp³-hybridized carbons (Fsp3) is 0.500. The minimum atomic E-state index is -0.410. The van der Waals surface area contributed by atoms with Crippen LogP contribution < -0.4 is 5.43 Å². The molecule has 0 aliphatic heterocycles. The Hall–Kier alpha value is -1.55. The Morgan fingerprint density at radius 2 is 2.19 bits per heavy atom. The van der Waals surface area contributed by atoms with Gasteiger partial charge in [0, 0.05) is 16.7 Å². The summed E-state index contributed by atoms with van der Waals surface area (Å²) in [5.74, 6) is 1.54. The molecule has 2 aliphatic rings. The van der Waals surface area contributed by atoms with Crippen molar-refractivity contribution in [3.63, 3.8) is 0 Å². The number of nitrogens with one attached hydrogen (secondary N) is 1. The highest BCUT2D eigenvalue weighted by Crippen LogP contribution is 2.48. The monoisotopic (exact) mass is 306 g/mol. The number of phenolic OH excluding ortho intramolecular Hbond substituents is 1. The molecule has 2 aliphatic carbocycles. The summed E-state index contributed by atoms with van der Waals surface area (Å²) < 4.78 is 0. The topological polar surface area (TPSA) is 61.7 Å². The van der Waals surface area contributed by atoms with E-state index in [1.54, 1.807) is 6.07 Å². The smallest absolute Gasteiger partial charge is 0.275 e. The summed E-state index contributed by atoms with van der Waals surface area (Å²) in [6.45, 7) is 1.98. The highest BCUT2D eigenvalue weighted by atomic mass is 35.5. The molecule has 3 atom stereocenters. The Morgan fingerprint density at radius 1 is 1.38 bits per heavy atom. The van der Waals surface area contributed by atoms with Crippen LogP contribution in [0.2, 0.25) is 5.02 Å². The molecule has 2 saturated carbocycles. The van der Waals surface area contributed by atoms with Crippen molar-refractivity contribution in [3.05, 3.63) is 28.8 Å². The molecule has 0 radical (unpaired) electrons. The first kappa shape index (κ1) is 14.4. The number of rotatable bonds is 3. The quantitative estimate of drug-likeness (QED) is 0.662. The molecule has 1 aromatic carbocycles. The fourth-order valence-electron chi connectivity index (χ4n) is 3.74. The van der Waals surface area contributed by atoms with E-state index in [-0.39, 0.29) is 11.3 Å². The van der Waals surface area contributed by atoms with E-state index >= 15 is 0 Å². The highest BCUT2D eigenvalue weighted by Gasteiger charge is 2.40. The van der Waals surface area contributed by atoms with Gasteiger partial charge in [0.1, 0.15) is 5.75 Å². The average molecular weight is 307 g/mol.